The molecule has 0 rings (SSSR count). The first-order valence-corrected chi connectivity index (χ1v) is 6.14. The average Bonchev–Trinajstić information content (AvgIpc) is 2.17. The number of nitrogens with zero attached hydrogens (tertiary/aromatic N) is 1. The van der Waals surface area contributed by atoms with Gasteiger partial charge in [-0.05, 0) is 13.8 Å². The summed E-state index contributed by atoms with van der Waals surface area (Å²) in [6, 6.07) is 0. The van der Waals surface area contributed by atoms with Crippen molar-refractivity contribution in [2.24, 2.45) is 5.73 Å². The molecule has 0 radical (unpaired) electrons. The van der Waals surface area contributed by atoms with Crippen molar-refractivity contribution < 1.29 is 13.2 Å². The van der Waals surface area contributed by atoms with E-state index in [0.717, 1.165) is 0 Å². The number of hydrogen-bond donors (Lipinski definition) is 2. The van der Waals surface area contributed by atoms with Gasteiger partial charge in [-0.2, -0.15) is 17.4 Å². The molecule has 0 amide bonds. The fraction of sp³-hybridized carbons (Fsp3) is 1.00. The van der Waals surface area contributed by atoms with E-state index in [1.165, 1.54) is 18.5 Å². The van der Waals surface area contributed by atoms with Crippen LogP contribution < -0.4 is 10.5 Å². The molecule has 15 heavy (non-hydrogen) atoms. The average molecular weight is 239 g/mol. The van der Waals surface area contributed by atoms with Crippen LogP contribution in [-0.4, -0.2) is 52.1 Å². The normalized spacial score (nSPS) is 13.5. The van der Waals surface area contributed by atoms with Gasteiger partial charge in [0.15, 0.2) is 0 Å². The second-order valence-electron chi connectivity index (χ2n) is 3.88. The summed E-state index contributed by atoms with van der Waals surface area (Å²) < 4.78 is 31.8. The van der Waals surface area contributed by atoms with Crippen LogP contribution in [0.5, 0.6) is 0 Å². The number of likely N-dealkylation sites (N-methyl/N-ethyl adjacent to an activating group) is 1. The Hall–Kier alpha value is -0.210. The van der Waals surface area contributed by atoms with Gasteiger partial charge in [0, 0.05) is 32.8 Å². The molecular weight excluding hydrogens is 218 g/mol. The monoisotopic (exact) mass is 239 g/mol. The van der Waals surface area contributed by atoms with E-state index in [9.17, 15) is 8.42 Å². The Kier molecular flexibility index (Phi) is 5.68. The van der Waals surface area contributed by atoms with E-state index in [4.69, 9.17) is 10.5 Å². The van der Waals surface area contributed by atoms with Crippen LogP contribution in [0.2, 0.25) is 0 Å². The van der Waals surface area contributed by atoms with Crippen molar-refractivity contribution in [3.8, 4) is 0 Å². The van der Waals surface area contributed by atoms with E-state index in [-0.39, 0.29) is 13.1 Å². The lowest BCUT2D eigenvalue weighted by molar-refractivity contribution is 0.202. The molecule has 0 aromatic heterocycles. The summed E-state index contributed by atoms with van der Waals surface area (Å²) in [5.41, 5.74) is 4.90. The number of rotatable bonds is 7. The van der Waals surface area contributed by atoms with Gasteiger partial charge in [-0.15, -0.1) is 0 Å². The smallest absolute Gasteiger partial charge is 0.279 e. The summed E-state index contributed by atoms with van der Waals surface area (Å²) in [6.07, 6.45) is 0. The third-order valence-corrected chi connectivity index (χ3v) is 4.09. The maximum Gasteiger partial charge on any atom is 0.279 e. The molecule has 0 unspecified atom stereocenters. The molecule has 92 valence electrons. The first-order chi connectivity index (χ1) is 6.78. The zero-order valence-corrected chi connectivity index (χ0v) is 10.6. The summed E-state index contributed by atoms with van der Waals surface area (Å²) in [5, 5.41) is 0. The lowest BCUT2D eigenvalue weighted by atomic mass is 10.1. The zero-order chi connectivity index (χ0) is 12.1. The van der Waals surface area contributed by atoms with Gasteiger partial charge in [-0.25, -0.2) is 0 Å². The van der Waals surface area contributed by atoms with Gasteiger partial charge >= 0.3 is 0 Å². The van der Waals surface area contributed by atoms with E-state index in [1.54, 1.807) is 13.8 Å². The molecule has 0 aromatic rings. The molecule has 0 aliphatic rings. The molecule has 0 spiro atoms. The SMILES string of the molecule is COCCNS(=O)(=O)N(C)C(C)(C)CN. The van der Waals surface area contributed by atoms with Crippen LogP contribution in [0.15, 0.2) is 0 Å². The van der Waals surface area contributed by atoms with E-state index < -0.39 is 15.7 Å². The van der Waals surface area contributed by atoms with E-state index in [0.29, 0.717) is 6.61 Å². The maximum atomic E-state index is 11.7. The molecule has 0 aliphatic heterocycles. The molecule has 0 saturated heterocycles. The molecule has 7 heteroatoms. The molecule has 0 aliphatic carbocycles. The van der Waals surface area contributed by atoms with Gasteiger partial charge < -0.3 is 10.5 Å². The molecule has 0 saturated carbocycles. The van der Waals surface area contributed by atoms with Crippen molar-refractivity contribution in [1.29, 1.82) is 0 Å². The first kappa shape index (κ1) is 14.8. The lowest BCUT2D eigenvalue weighted by Gasteiger charge is -2.33. The number of nitrogens with two attached hydrogens (primary N) is 1. The fourth-order valence-electron chi connectivity index (χ4n) is 0.823. The van der Waals surface area contributed by atoms with E-state index in [1.807, 2.05) is 0 Å². The Morgan fingerprint density at radius 3 is 2.40 bits per heavy atom. The third kappa shape index (κ3) is 4.43. The third-order valence-electron chi connectivity index (χ3n) is 2.30. The highest BCUT2D eigenvalue weighted by Gasteiger charge is 2.31. The Morgan fingerprint density at radius 2 is 2.00 bits per heavy atom. The molecule has 0 aromatic carbocycles. The minimum Gasteiger partial charge on any atom is -0.383 e. The van der Waals surface area contributed by atoms with Crippen LogP contribution >= 0.6 is 0 Å². The van der Waals surface area contributed by atoms with Crippen molar-refractivity contribution in [2.45, 2.75) is 19.4 Å². The van der Waals surface area contributed by atoms with Crippen LogP contribution in [0.1, 0.15) is 13.8 Å². The second-order valence-corrected chi connectivity index (χ2v) is 5.66. The summed E-state index contributed by atoms with van der Waals surface area (Å²) in [5.74, 6) is 0. The van der Waals surface area contributed by atoms with Crippen LogP contribution in [0, 0.1) is 0 Å². The number of methoxy groups -OCH3 is 1. The van der Waals surface area contributed by atoms with Crippen LogP contribution in [0.4, 0.5) is 0 Å². The minimum atomic E-state index is -3.48. The molecule has 6 nitrogen and oxygen atoms in total. The Bertz CT molecular complexity index is 277. The number of hydrogen-bond acceptors (Lipinski definition) is 4. The van der Waals surface area contributed by atoms with Crippen molar-refractivity contribution >= 4 is 10.2 Å². The quantitative estimate of drug-likeness (QED) is 0.566. The minimum absolute atomic E-state index is 0.254. The Labute approximate surface area is 92.0 Å². The molecule has 0 bridgehead atoms. The van der Waals surface area contributed by atoms with E-state index >= 15 is 0 Å². The molecule has 3 N–H and O–H groups in total. The predicted octanol–water partition coefficient (Wildman–Crippen LogP) is -0.864. The lowest BCUT2D eigenvalue weighted by Crippen LogP contribution is -2.53. The standard InChI is InChI=1S/C8H21N3O3S/c1-8(2,7-9)11(3)15(12,13)10-5-6-14-4/h10H,5-7,9H2,1-4H3. The van der Waals surface area contributed by atoms with E-state index in [2.05, 4.69) is 4.72 Å². The molecule has 0 heterocycles. The highest BCUT2D eigenvalue weighted by Crippen LogP contribution is 2.13. The second kappa shape index (κ2) is 5.76. The first-order valence-electron chi connectivity index (χ1n) is 4.70. The van der Waals surface area contributed by atoms with Gasteiger partial charge in [0.25, 0.3) is 10.2 Å². The highest BCUT2D eigenvalue weighted by molar-refractivity contribution is 7.87. The highest BCUT2D eigenvalue weighted by atomic mass is 32.2. The van der Waals surface area contributed by atoms with Crippen molar-refractivity contribution in [1.82, 2.24) is 9.03 Å². The van der Waals surface area contributed by atoms with Gasteiger partial charge in [-0.1, -0.05) is 0 Å². The molecule has 0 atom stereocenters. The molecule has 0 fully saturated rings. The summed E-state index contributed by atoms with van der Waals surface area (Å²) >= 11 is 0. The largest absolute Gasteiger partial charge is 0.383 e. The van der Waals surface area contributed by atoms with Crippen molar-refractivity contribution in [3.63, 3.8) is 0 Å². The van der Waals surface area contributed by atoms with Gasteiger partial charge in [0.2, 0.25) is 0 Å². The zero-order valence-electron chi connectivity index (χ0n) is 9.78. The summed E-state index contributed by atoms with van der Waals surface area (Å²) in [7, 11) is -0.461. The summed E-state index contributed by atoms with van der Waals surface area (Å²) in [4.78, 5) is 0. The van der Waals surface area contributed by atoms with Gasteiger partial charge in [0.1, 0.15) is 0 Å². The topological polar surface area (TPSA) is 84.7 Å². The fourth-order valence-corrected chi connectivity index (χ4v) is 2.08. The van der Waals surface area contributed by atoms with Gasteiger partial charge in [-0.3, -0.25) is 0 Å². The van der Waals surface area contributed by atoms with Crippen molar-refractivity contribution in [2.75, 3.05) is 33.9 Å². The Balaban J connectivity index is 4.46. The Morgan fingerprint density at radius 1 is 1.47 bits per heavy atom. The summed E-state index contributed by atoms with van der Waals surface area (Å²) in [6.45, 7) is 4.39. The molecular formula is C8H21N3O3S. The van der Waals surface area contributed by atoms with Crippen LogP contribution in [0.25, 0.3) is 0 Å². The van der Waals surface area contributed by atoms with Gasteiger partial charge in [0.05, 0.1) is 6.61 Å². The van der Waals surface area contributed by atoms with Crippen LogP contribution in [-0.2, 0) is 14.9 Å². The van der Waals surface area contributed by atoms with Crippen LogP contribution in [0.3, 0.4) is 0 Å². The van der Waals surface area contributed by atoms with Crippen molar-refractivity contribution in [3.05, 3.63) is 0 Å². The predicted molar refractivity (Wildman–Crippen MR) is 59.7 cm³/mol. The maximum absolute atomic E-state index is 11.7. The number of nitrogens with one attached hydrogen (secondary N) is 1. The number of ether oxygens (including phenoxy) is 1.